The predicted molar refractivity (Wildman–Crippen MR) is 43.6 cm³/mol. The molecule has 1 rings (SSSR count). The molecule has 1 aromatic heterocycles. The van der Waals surface area contributed by atoms with Gasteiger partial charge in [-0.05, 0) is 18.2 Å². The van der Waals surface area contributed by atoms with Gasteiger partial charge >= 0.3 is 0 Å². The van der Waals surface area contributed by atoms with Gasteiger partial charge < -0.3 is 4.98 Å². The summed E-state index contributed by atoms with van der Waals surface area (Å²) in [5.74, 6) is 0. The first-order chi connectivity index (χ1) is 4.43. The fourth-order valence-electron chi connectivity index (χ4n) is 0.619. The Morgan fingerprint density at radius 3 is 3.11 bits per heavy atom. The van der Waals surface area contributed by atoms with Crippen molar-refractivity contribution in [3.8, 4) is 0 Å². The molecule has 0 amide bonds. The van der Waals surface area contributed by atoms with Crippen LogP contribution in [-0.2, 0) is 0 Å². The second kappa shape index (κ2) is 3.51. The molecule has 0 saturated heterocycles. The molecule has 9 heavy (non-hydrogen) atoms. The molecular formula is C7H8BrN. The van der Waals surface area contributed by atoms with Gasteiger partial charge in [-0.25, -0.2) is 0 Å². The van der Waals surface area contributed by atoms with E-state index in [0.29, 0.717) is 0 Å². The van der Waals surface area contributed by atoms with E-state index in [4.69, 9.17) is 0 Å². The standard InChI is InChI=1S/C7H8BrN/c8-5-1-3-7-4-2-6-9-7/h1-4,6,9H,5H2. The highest BCUT2D eigenvalue weighted by Crippen LogP contribution is 1.97. The van der Waals surface area contributed by atoms with Gasteiger partial charge in [-0.15, -0.1) is 0 Å². The zero-order valence-electron chi connectivity index (χ0n) is 4.97. The average molecular weight is 186 g/mol. The summed E-state index contributed by atoms with van der Waals surface area (Å²) in [6, 6.07) is 4.01. The second-order valence-electron chi connectivity index (χ2n) is 1.68. The maximum Gasteiger partial charge on any atom is 0.0377 e. The molecular weight excluding hydrogens is 178 g/mol. The number of hydrogen-bond donors (Lipinski definition) is 1. The normalized spacial score (nSPS) is 10.8. The van der Waals surface area contributed by atoms with Crippen molar-refractivity contribution in [1.82, 2.24) is 4.98 Å². The van der Waals surface area contributed by atoms with Crippen LogP contribution in [0.25, 0.3) is 6.08 Å². The van der Waals surface area contributed by atoms with Crippen LogP contribution in [0.2, 0.25) is 0 Å². The third kappa shape index (κ3) is 2.06. The van der Waals surface area contributed by atoms with Gasteiger partial charge in [0.25, 0.3) is 0 Å². The molecule has 0 aromatic carbocycles. The molecule has 0 atom stereocenters. The summed E-state index contributed by atoms with van der Waals surface area (Å²) in [6.07, 6.45) is 5.99. The first-order valence-electron chi connectivity index (χ1n) is 2.79. The lowest BCUT2D eigenvalue weighted by Crippen LogP contribution is -1.66. The van der Waals surface area contributed by atoms with Crippen molar-refractivity contribution in [1.29, 1.82) is 0 Å². The van der Waals surface area contributed by atoms with E-state index in [1.807, 2.05) is 30.5 Å². The van der Waals surface area contributed by atoms with Gasteiger partial charge in [0, 0.05) is 17.2 Å². The topological polar surface area (TPSA) is 15.8 Å². The van der Waals surface area contributed by atoms with Gasteiger partial charge in [0.15, 0.2) is 0 Å². The molecule has 0 spiro atoms. The lowest BCUT2D eigenvalue weighted by atomic mass is 10.4. The minimum absolute atomic E-state index is 0.909. The highest BCUT2D eigenvalue weighted by Gasteiger charge is 1.80. The van der Waals surface area contributed by atoms with Crippen LogP contribution in [-0.4, -0.2) is 10.3 Å². The van der Waals surface area contributed by atoms with Crippen LogP contribution >= 0.6 is 15.9 Å². The molecule has 0 radical (unpaired) electrons. The molecule has 1 heterocycles. The number of H-pyrrole nitrogens is 1. The molecule has 0 aliphatic carbocycles. The fourth-order valence-corrected chi connectivity index (χ4v) is 0.806. The van der Waals surface area contributed by atoms with Crippen molar-refractivity contribution < 1.29 is 0 Å². The second-order valence-corrected chi connectivity index (χ2v) is 2.33. The predicted octanol–water partition coefficient (Wildman–Crippen LogP) is 2.42. The SMILES string of the molecule is BrCC=Cc1ccc[nH]1. The molecule has 0 fully saturated rings. The van der Waals surface area contributed by atoms with Crippen LogP contribution in [0.3, 0.4) is 0 Å². The summed E-state index contributed by atoms with van der Waals surface area (Å²) in [4.78, 5) is 3.06. The Balaban J connectivity index is 2.57. The largest absolute Gasteiger partial charge is 0.362 e. The van der Waals surface area contributed by atoms with Crippen molar-refractivity contribution in [3.05, 3.63) is 30.1 Å². The van der Waals surface area contributed by atoms with E-state index in [0.717, 1.165) is 11.0 Å². The van der Waals surface area contributed by atoms with Crippen molar-refractivity contribution in [2.45, 2.75) is 0 Å². The van der Waals surface area contributed by atoms with Crippen LogP contribution in [0.5, 0.6) is 0 Å². The van der Waals surface area contributed by atoms with E-state index < -0.39 is 0 Å². The van der Waals surface area contributed by atoms with E-state index >= 15 is 0 Å². The Morgan fingerprint density at radius 1 is 1.67 bits per heavy atom. The summed E-state index contributed by atoms with van der Waals surface area (Å²) in [6.45, 7) is 0. The van der Waals surface area contributed by atoms with Crippen LogP contribution < -0.4 is 0 Å². The third-order valence-corrected chi connectivity index (χ3v) is 1.38. The molecule has 1 aromatic rings. The Bertz CT molecular complexity index is 177. The van der Waals surface area contributed by atoms with Gasteiger partial charge in [-0.1, -0.05) is 22.0 Å². The number of allylic oxidation sites excluding steroid dienone is 1. The molecule has 0 saturated carbocycles. The highest BCUT2D eigenvalue weighted by atomic mass is 79.9. The van der Waals surface area contributed by atoms with Crippen molar-refractivity contribution in [2.75, 3.05) is 5.33 Å². The molecule has 0 aliphatic heterocycles. The van der Waals surface area contributed by atoms with E-state index in [1.165, 1.54) is 0 Å². The number of aromatic nitrogens is 1. The van der Waals surface area contributed by atoms with Crippen molar-refractivity contribution in [2.24, 2.45) is 0 Å². The summed E-state index contributed by atoms with van der Waals surface area (Å²) < 4.78 is 0. The number of rotatable bonds is 2. The first kappa shape index (κ1) is 6.62. The Kier molecular flexibility index (Phi) is 2.58. The van der Waals surface area contributed by atoms with E-state index in [1.54, 1.807) is 0 Å². The molecule has 0 unspecified atom stereocenters. The Labute approximate surface area is 62.9 Å². The highest BCUT2D eigenvalue weighted by molar-refractivity contribution is 9.09. The van der Waals surface area contributed by atoms with E-state index in [9.17, 15) is 0 Å². The van der Waals surface area contributed by atoms with Gasteiger partial charge in [-0.3, -0.25) is 0 Å². The molecule has 0 bridgehead atoms. The maximum atomic E-state index is 3.29. The number of halogens is 1. The maximum absolute atomic E-state index is 3.29. The number of alkyl halides is 1. The van der Waals surface area contributed by atoms with Gasteiger partial charge in [0.05, 0.1) is 0 Å². The molecule has 1 nitrogen and oxygen atoms in total. The van der Waals surface area contributed by atoms with E-state index in [2.05, 4.69) is 20.9 Å². The Morgan fingerprint density at radius 2 is 2.56 bits per heavy atom. The number of nitrogens with one attached hydrogen (secondary N) is 1. The van der Waals surface area contributed by atoms with Crippen molar-refractivity contribution >= 4 is 22.0 Å². The number of hydrogen-bond acceptors (Lipinski definition) is 0. The molecule has 2 heteroatoms. The quantitative estimate of drug-likeness (QED) is 0.682. The zero-order valence-corrected chi connectivity index (χ0v) is 6.56. The van der Waals surface area contributed by atoms with Crippen LogP contribution in [0.1, 0.15) is 5.69 Å². The first-order valence-corrected chi connectivity index (χ1v) is 3.91. The third-order valence-electron chi connectivity index (χ3n) is 1.01. The summed E-state index contributed by atoms with van der Waals surface area (Å²) in [5, 5.41) is 0.909. The lowest BCUT2D eigenvalue weighted by Gasteiger charge is -1.80. The van der Waals surface area contributed by atoms with Gasteiger partial charge in [0.2, 0.25) is 0 Å². The molecule has 0 aliphatic rings. The van der Waals surface area contributed by atoms with E-state index in [-0.39, 0.29) is 0 Å². The Hall–Kier alpha value is -0.500. The van der Waals surface area contributed by atoms with Gasteiger partial charge in [0.1, 0.15) is 0 Å². The lowest BCUT2D eigenvalue weighted by molar-refractivity contribution is 1.37. The summed E-state index contributed by atoms with van der Waals surface area (Å²) in [7, 11) is 0. The summed E-state index contributed by atoms with van der Waals surface area (Å²) in [5.41, 5.74) is 1.15. The molecule has 48 valence electrons. The van der Waals surface area contributed by atoms with Crippen molar-refractivity contribution in [3.63, 3.8) is 0 Å². The smallest absolute Gasteiger partial charge is 0.0377 e. The fraction of sp³-hybridized carbons (Fsp3) is 0.143. The van der Waals surface area contributed by atoms with Crippen LogP contribution in [0.4, 0.5) is 0 Å². The van der Waals surface area contributed by atoms with Gasteiger partial charge in [-0.2, -0.15) is 0 Å². The summed E-state index contributed by atoms with van der Waals surface area (Å²) >= 11 is 3.29. The zero-order chi connectivity index (χ0) is 6.53. The minimum atomic E-state index is 0.909. The number of aromatic amines is 1. The van der Waals surface area contributed by atoms with Crippen LogP contribution in [0, 0.1) is 0 Å². The molecule has 1 N–H and O–H groups in total. The van der Waals surface area contributed by atoms with Crippen LogP contribution in [0.15, 0.2) is 24.4 Å². The average Bonchev–Trinajstić information content (AvgIpc) is 2.34. The monoisotopic (exact) mass is 185 g/mol. The minimum Gasteiger partial charge on any atom is -0.362 e.